The van der Waals surface area contributed by atoms with E-state index in [0.29, 0.717) is 23.3 Å². The molecule has 0 atom stereocenters. The van der Waals surface area contributed by atoms with Crippen LogP contribution in [-0.2, 0) is 4.57 Å². The number of aromatic nitrogens is 3. The summed E-state index contributed by atoms with van der Waals surface area (Å²) in [4.78, 5) is 36.5. The number of piperidine rings is 1. The molecular formula is C15H22N5O5P. The number of aromatic amines is 1. The Morgan fingerprint density at radius 3 is 2.81 bits per heavy atom. The Kier molecular flexibility index (Phi) is 5.57. The van der Waals surface area contributed by atoms with E-state index in [4.69, 9.17) is 14.5 Å². The van der Waals surface area contributed by atoms with E-state index in [1.165, 1.54) is 7.11 Å². The summed E-state index contributed by atoms with van der Waals surface area (Å²) in [5, 5.41) is 10.3. The fraction of sp³-hybridized carbons (Fsp3) is 0.533. The molecule has 10 nitrogen and oxygen atoms in total. The molecule has 1 fully saturated rings. The van der Waals surface area contributed by atoms with Crippen molar-refractivity contribution in [2.75, 3.05) is 38.3 Å². The predicted octanol–water partition coefficient (Wildman–Crippen LogP) is 0.586. The highest BCUT2D eigenvalue weighted by Gasteiger charge is 2.25. The molecule has 1 saturated heterocycles. The molecule has 0 spiro atoms. The maximum absolute atomic E-state index is 11.9. The smallest absolute Gasteiger partial charge is 0.325 e. The number of fused-ring (bicyclic) bond motifs is 1. The second-order valence-corrected chi connectivity index (χ2v) is 8.12. The third-order valence-corrected chi connectivity index (χ3v) is 5.49. The number of rotatable bonds is 6. The van der Waals surface area contributed by atoms with E-state index in [2.05, 4.69) is 25.4 Å². The highest BCUT2D eigenvalue weighted by atomic mass is 31.2. The molecule has 1 aliphatic rings. The van der Waals surface area contributed by atoms with Crippen molar-refractivity contribution in [3.05, 3.63) is 22.6 Å². The van der Waals surface area contributed by atoms with Gasteiger partial charge in [0.05, 0.1) is 26.1 Å². The number of nitrogens with zero attached hydrogens (tertiary/aromatic N) is 3. The summed E-state index contributed by atoms with van der Waals surface area (Å²) in [6, 6.07) is 1.74. The minimum absolute atomic E-state index is 0.0424. The SMILES string of the molecule is COc1nc(NCN2CCC(CP(=O)(O)O)CC2)cc2cn[nH]c(=O)c12. The van der Waals surface area contributed by atoms with Gasteiger partial charge in [-0.3, -0.25) is 14.3 Å². The fourth-order valence-corrected chi connectivity index (χ4v) is 4.22. The Balaban J connectivity index is 1.62. The van der Waals surface area contributed by atoms with E-state index in [1.807, 2.05) is 0 Å². The average molecular weight is 383 g/mol. The molecule has 2 aromatic heterocycles. The summed E-state index contributed by atoms with van der Waals surface area (Å²) in [5.74, 6) is 0.858. The standard InChI is InChI=1S/C15H22N5O5P/c1-25-15-13-11(7-17-19-14(13)21)6-12(18-15)16-9-20-4-2-10(3-5-20)8-26(22,23)24/h6-7,10H,2-5,8-9H2,1H3,(H,16,18)(H,19,21)(H2,22,23,24). The first kappa shape index (κ1) is 18.8. The summed E-state index contributed by atoms with van der Waals surface area (Å²) in [7, 11) is -2.49. The van der Waals surface area contributed by atoms with Gasteiger partial charge < -0.3 is 19.8 Å². The summed E-state index contributed by atoms with van der Waals surface area (Å²) in [5.41, 5.74) is -0.356. The molecule has 0 amide bonds. The number of anilines is 1. The van der Waals surface area contributed by atoms with E-state index >= 15 is 0 Å². The van der Waals surface area contributed by atoms with E-state index < -0.39 is 7.60 Å². The Morgan fingerprint density at radius 2 is 2.15 bits per heavy atom. The lowest BCUT2D eigenvalue weighted by Crippen LogP contribution is -2.38. The number of methoxy groups -OCH3 is 1. The van der Waals surface area contributed by atoms with Gasteiger partial charge in [-0.05, 0) is 24.8 Å². The predicted molar refractivity (Wildman–Crippen MR) is 96.4 cm³/mol. The number of hydrogen-bond donors (Lipinski definition) is 4. The van der Waals surface area contributed by atoms with Crippen LogP contribution in [0.5, 0.6) is 5.88 Å². The fourth-order valence-electron chi connectivity index (χ4n) is 3.18. The van der Waals surface area contributed by atoms with Gasteiger partial charge in [-0.1, -0.05) is 0 Å². The molecule has 0 aliphatic carbocycles. The molecule has 26 heavy (non-hydrogen) atoms. The van der Waals surface area contributed by atoms with Crippen LogP contribution in [0.15, 0.2) is 17.1 Å². The second-order valence-electron chi connectivity index (χ2n) is 6.42. The molecule has 0 radical (unpaired) electrons. The highest BCUT2D eigenvalue weighted by Crippen LogP contribution is 2.39. The maximum Gasteiger partial charge on any atom is 0.325 e. The molecule has 11 heteroatoms. The molecule has 0 saturated carbocycles. The first-order valence-corrected chi connectivity index (χ1v) is 10.1. The van der Waals surface area contributed by atoms with E-state index in [9.17, 15) is 9.36 Å². The average Bonchev–Trinajstić information content (AvgIpc) is 2.59. The van der Waals surface area contributed by atoms with Crippen LogP contribution in [-0.4, -0.2) is 62.9 Å². The highest BCUT2D eigenvalue weighted by molar-refractivity contribution is 7.51. The van der Waals surface area contributed by atoms with E-state index in [-0.39, 0.29) is 23.5 Å². The molecule has 142 valence electrons. The Labute approximate surface area is 149 Å². The van der Waals surface area contributed by atoms with Crippen LogP contribution in [0.2, 0.25) is 0 Å². The first-order valence-electron chi connectivity index (χ1n) is 8.29. The molecule has 0 unspecified atom stereocenters. The third kappa shape index (κ3) is 4.59. The van der Waals surface area contributed by atoms with Crippen molar-refractivity contribution in [1.29, 1.82) is 0 Å². The lowest BCUT2D eigenvalue weighted by atomic mass is 9.99. The molecule has 4 N–H and O–H groups in total. The molecule has 0 bridgehead atoms. The molecule has 1 aliphatic heterocycles. The number of ether oxygens (including phenoxy) is 1. The van der Waals surface area contributed by atoms with Crippen molar-refractivity contribution >= 4 is 24.2 Å². The Morgan fingerprint density at radius 1 is 1.42 bits per heavy atom. The van der Waals surface area contributed by atoms with E-state index in [1.54, 1.807) is 12.3 Å². The normalized spacial score (nSPS) is 16.7. The summed E-state index contributed by atoms with van der Waals surface area (Å²) in [6.07, 6.45) is 3.00. The summed E-state index contributed by atoms with van der Waals surface area (Å²) in [6.45, 7) is 2.05. The zero-order chi connectivity index (χ0) is 18.7. The van der Waals surface area contributed by atoms with Gasteiger partial charge in [-0.2, -0.15) is 10.1 Å². The van der Waals surface area contributed by atoms with Crippen molar-refractivity contribution in [2.24, 2.45) is 5.92 Å². The quantitative estimate of drug-likeness (QED) is 0.527. The van der Waals surface area contributed by atoms with Crippen LogP contribution in [0.1, 0.15) is 12.8 Å². The largest absolute Gasteiger partial charge is 0.480 e. The van der Waals surface area contributed by atoms with Crippen LogP contribution in [0.4, 0.5) is 5.82 Å². The van der Waals surface area contributed by atoms with Crippen LogP contribution >= 0.6 is 7.60 Å². The Hall–Kier alpha value is -2.00. The van der Waals surface area contributed by atoms with Crippen molar-refractivity contribution in [3.8, 4) is 5.88 Å². The number of pyridine rings is 1. The minimum Gasteiger partial charge on any atom is -0.480 e. The first-order chi connectivity index (χ1) is 12.4. The molecular weight excluding hydrogens is 361 g/mol. The number of likely N-dealkylation sites (tertiary alicyclic amines) is 1. The molecule has 3 rings (SSSR count). The zero-order valence-electron chi connectivity index (χ0n) is 14.4. The van der Waals surface area contributed by atoms with Crippen LogP contribution in [0.25, 0.3) is 10.8 Å². The van der Waals surface area contributed by atoms with Crippen molar-refractivity contribution in [3.63, 3.8) is 0 Å². The zero-order valence-corrected chi connectivity index (χ0v) is 15.3. The van der Waals surface area contributed by atoms with Crippen molar-refractivity contribution in [1.82, 2.24) is 20.1 Å². The van der Waals surface area contributed by atoms with Gasteiger partial charge in [0.2, 0.25) is 5.88 Å². The summed E-state index contributed by atoms with van der Waals surface area (Å²) < 4.78 is 16.3. The number of H-pyrrole nitrogens is 1. The van der Waals surface area contributed by atoms with Crippen molar-refractivity contribution in [2.45, 2.75) is 12.8 Å². The van der Waals surface area contributed by atoms with Gasteiger partial charge in [0, 0.05) is 18.5 Å². The van der Waals surface area contributed by atoms with E-state index in [0.717, 1.165) is 25.9 Å². The van der Waals surface area contributed by atoms with Gasteiger partial charge in [0.15, 0.2) is 0 Å². The van der Waals surface area contributed by atoms with Crippen molar-refractivity contribution < 1.29 is 19.1 Å². The topological polar surface area (TPSA) is 141 Å². The maximum atomic E-state index is 11.9. The monoisotopic (exact) mass is 383 g/mol. The summed E-state index contributed by atoms with van der Waals surface area (Å²) >= 11 is 0. The lowest BCUT2D eigenvalue weighted by Gasteiger charge is -2.32. The van der Waals surface area contributed by atoms with Crippen LogP contribution in [0, 0.1) is 5.92 Å². The Bertz CT molecular complexity index is 874. The molecule has 0 aromatic carbocycles. The number of nitrogens with one attached hydrogen (secondary N) is 2. The third-order valence-electron chi connectivity index (χ3n) is 4.49. The van der Waals surface area contributed by atoms with Gasteiger partial charge in [0.25, 0.3) is 5.56 Å². The molecule has 2 aromatic rings. The lowest BCUT2D eigenvalue weighted by molar-refractivity contribution is 0.200. The van der Waals surface area contributed by atoms with Gasteiger partial charge >= 0.3 is 7.60 Å². The van der Waals surface area contributed by atoms with Gasteiger partial charge in [0.1, 0.15) is 11.2 Å². The number of hydrogen-bond acceptors (Lipinski definition) is 7. The molecule has 3 heterocycles. The van der Waals surface area contributed by atoms with Crippen LogP contribution < -0.4 is 15.6 Å². The van der Waals surface area contributed by atoms with Gasteiger partial charge in [-0.15, -0.1) is 0 Å². The van der Waals surface area contributed by atoms with Crippen LogP contribution in [0.3, 0.4) is 0 Å². The second kappa shape index (κ2) is 7.71. The minimum atomic E-state index is -3.95. The van der Waals surface area contributed by atoms with Gasteiger partial charge in [-0.25, -0.2) is 5.10 Å².